The molecule has 96 valence electrons. The summed E-state index contributed by atoms with van der Waals surface area (Å²) in [4.78, 5) is 10.9. The molecule has 3 N–H and O–H groups in total. The maximum Gasteiger partial charge on any atom is 0.323 e. The highest BCUT2D eigenvalue weighted by atomic mass is 16.5. The zero-order valence-electron chi connectivity index (χ0n) is 10.4. The van der Waals surface area contributed by atoms with Crippen LogP contribution in [0.3, 0.4) is 0 Å². The van der Waals surface area contributed by atoms with Gasteiger partial charge in [-0.2, -0.15) is 0 Å². The number of rotatable bonds is 9. The molecule has 0 amide bonds. The number of nitrogens with two attached hydrogens (primary N) is 1. The average Bonchev–Trinajstić information content (AvgIpc) is 2.24. The first-order chi connectivity index (χ1) is 7.46. The van der Waals surface area contributed by atoms with E-state index < -0.39 is 11.5 Å². The molecular formula is C11H23NO4. The Balaban J connectivity index is 3.76. The number of hydrogen-bond donors (Lipinski definition) is 2. The number of methoxy groups -OCH3 is 1. The van der Waals surface area contributed by atoms with E-state index in [9.17, 15) is 4.79 Å². The van der Waals surface area contributed by atoms with Crippen molar-refractivity contribution in [1.82, 2.24) is 0 Å². The second-order valence-corrected chi connectivity index (χ2v) is 4.06. The number of carboxylic acid groups (broad SMARTS) is 1. The molecule has 2 unspecified atom stereocenters. The van der Waals surface area contributed by atoms with Gasteiger partial charge in [-0.25, -0.2) is 0 Å². The zero-order valence-corrected chi connectivity index (χ0v) is 10.4. The molecule has 0 spiro atoms. The van der Waals surface area contributed by atoms with Crippen molar-refractivity contribution in [3.8, 4) is 0 Å². The minimum atomic E-state index is -1.12. The van der Waals surface area contributed by atoms with E-state index in [1.165, 1.54) is 0 Å². The minimum Gasteiger partial charge on any atom is -0.480 e. The summed E-state index contributed by atoms with van der Waals surface area (Å²) in [6.45, 7) is 4.75. The van der Waals surface area contributed by atoms with Crippen LogP contribution in [0.2, 0.25) is 0 Å². The summed E-state index contributed by atoms with van der Waals surface area (Å²) in [7, 11) is 1.62. The SMILES string of the molecule is CCC(N)(CCCOC(C)COC)C(=O)O. The molecule has 0 saturated carbocycles. The molecule has 0 heterocycles. The molecule has 16 heavy (non-hydrogen) atoms. The number of carboxylic acids is 1. The Hall–Kier alpha value is -0.650. The van der Waals surface area contributed by atoms with Crippen LogP contribution in [0.5, 0.6) is 0 Å². The predicted molar refractivity (Wildman–Crippen MR) is 61.4 cm³/mol. The molecule has 0 rings (SSSR count). The Labute approximate surface area is 96.9 Å². The molecule has 0 bridgehead atoms. The zero-order chi connectivity index (χ0) is 12.6. The Morgan fingerprint density at radius 1 is 1.56 bits per heavy atom. The van der Waals surface area contributed by atoms with E-state index in [-0.39, 0.29) is 6.10 Å². The van der Waals surface area contributed by atoms with Crippen molar-refractivity contribution < 1.29 is 19.4 Å². The summed E-state index contributed by atoms with van der Waals surface area (Å²) in [5, 5.41) is 8.94. The summed E-state index contributed by atoms with van der Waals surface area (Å²) in [5.41, 5.74) is 4.62. The van der Waals surface area contributed by atoms with Crippen molar-refractivity contribution in [3.05, 3.63) is 0 Å². The Morgan fingerprint density at radius 3 is 2.62 bits per heavy atom. The molecule has 5 nitrogen and oxygen atoms in total. The van der Waals surface area contributed by atoms with Gasteiger partial charge in [0, 0.05) is 13.7 Å². The Bertz CT molecular complexity index is 210. The van der Waals surface area contributed by atoms with E-state index in [1.54, 1.807) is 14.0 Å². The number of hydrogen-bond acceptors (Lipinski definition) is 4. The maximum atomic E-state index is 10.9. The topological polar surface area (TPSA) is 81.8 Å². The smallest absolute Gasteiger partial charge is 0.323 e. The van der Waals surface area contributed by atoms with Gasteiger partial charge in [0.15, 0.2) is 0 Å². The molecule has 0 aliphatic carbocycles. The van der Waals surface area contributed by atoms with Crippen LogP contribution in [0.25, 0.3) is 0 Å². The summed E-state index contributed by atoms with van der Waals surface area (Å²) >= 11 is 0. The lowest BCUT2D eigenvalue weighted by atomic mass is 9.92. The van der Waals surface area contributed by atoms with Crippen LogP contribution in [-0.2, 0) is 14.3 Å². The summed E-state index contributed by atoms with van der Waals surface area (Å²) < 4.78 is 10.3. The van der Waals surface area contributed by atoms with Crippen molar-refractivity contribution in [2.45, 2.75) is 44.8 Å². The van der Waals surface area contributed by atoms with Crippen LogP contribution in [0.4, 0.5) is 0 Å². The molecule has 0 saturated heterocycles. The third-order valence-electron chi connectivity index (χ3n) is 2.63. The highest BCUT2D eigenvalue weighted by Crippen LogP contribution is 2.14. The second-order valence-electron chi connectivity index (χ2n) is 4.06. The second kappa shape index (κ2) is 7.60. The van der Waals surface area contributed by atoms with Crippen LogP contribution in [0, 0.1) is 0 Å². The largest absolute Gasteiger partial charge is 0.480 e. The molecule has 5 heteroatoms. The van der Waals surface area contributed by atoms with Gasteiger partial charge in [0.1, 0.15) is 5.54 Å². The van der Waals surface area contributed by atoms with Crippen LogP contribution in [-0.4, -0.2) is 43.0 Å². The van der Waals surface area contributed by atoms with Gasteiger partial charge >= 0.3 is 5.97 Å². The summed E-state index contributed by atoms with van der Waals surface area (Å²) in [5.74, 6) is -0.945. The van der Waals surface area contributed by atoms with E-state index in [0.717, 1.165) is 0 Å². The van der Waals surface area contributed by atoms with E-state index in [2.05, 4.69) is 0 Å². The fraction of sp³-hybridized carbons (Fsp3) is 0.909. The van der Waals surface area contributed by atoms with Crippen LogP contribution < -0.4 is 5.73 Å². The van der Waals surface area contributed by atoms with Gasteiger partial charge in [-0.1, -0.05) is 6.92 Å². The number of carbonyl (C=O) groups is 1. The third-order valence-corrected chi connectivity index (χ3v) is 2.63. The van der Waals surface area contributed by atoms with Gasteiger partial charge < -0.3 is 20.3 Å². The molecular weight excluding hydrogens is 210 g/mol. The Morgan fingerprint density at radius 2 is 2.19 bits per heavy atom. The van der Waals surface area contributed by atoms with E-state index >= 15 is 0 Å². The molecule has 0 radical (unpaired) electrons. The van der Waals surface area contributed by atoms with Gasteiger partial charge in [0.25, 0.3) is 0 Å². The van der Waals surface area contributed by atoms with E-state index in [4.69, 9.17) is 20.3 Å². The van der Waals surface area contributed by atoms with Crippen molar-refractivity contribution in [2.75, 3.05) is 20.3 Å². The fourth-order valence-corrected chi connectivity index (χ4v) is 1.39. The van der Waals surface area contributed by atoms with Crippen LogP contribution in [0.15, 0.2) is 0 Å². The highest BCUT2D eigenvalue weighted by molar-refractivity contribution is 5.78. The highest BCUT2D eigenvalue weighted by Gasteiger charge is 2.30. The lowest BCUT2D eigenvalue weighted by Gasteiger charge is -2.23. The molecule has 0 aromatic heterocycles. The van der Waals surface area contributed by atoms with E-state index in [1.807, 2.05) is 6.92 Å². The van der Waals surface area contributed by atoms with Gasteiger partial charge in [0.2, 0.25) is 0 Å². The standard InChI is InChI=1S/C11H23NO4/c1-4-11(12,10(13)14)6-5-7-16-9(2)8-15-3/h9H,4-8,12H2,1-3H3,(H,13,14). The normalized spacial score (nSPS) is 16.8. The van der Waals surface area contributed by atoms with Crippen molar-refractivity contribution >= 4 is 5.97 Å². The number of ether oxygens (including phenoxy) is 2. The molecule has 0 aliphatic heterocycles. The fourth-order valence-electron chi connectivity index (χ4n) is 1.39. The van der Waals surface area contributed by atoms with Crippen molar-refractivity contribution in [3.63, 3.8) is 0 Å². The molecule has 2 atom stereocenters. The quantitative estimate of drug-likeness (QED) is 0.581. The first-order valence-corrected chi connectivity index (χ1v) is 5.59. The minimum absolute atomic E-state index is 0.0311. The lowest BCUT2D eigenvalue weighted by molar-refractivity contribution is -0.143. The molecule has 0 aromatic carbocycles. The predicted octanol–water partition coefficient (Wildman–Crippen LogP) is 1.01. The van der Waals surface area contributed by atoms with Gasteiger partial charge in [0.05, 0.1) is 12.7 Å². The van der Waals surface area contributed by atoms with Crippen LogP contribution in [0.1, 0.15) is 33.1 Å². The lowest BCUT2D eigenvalue weighted by Crippen LogP contribution is -2.47. The van der Waals surface area contributed by atoms with Gasteiger partial charge in [-0.15, -0.1) is 0 Å². The van der Waals surface area contributed by atoms with Crippen molar-refractivity contribution in [2.24, 2.45) is 5.73 Å². The molecule has 0 aliphatic rings. The van der Waals surface area contributed by atoms with Gasteiger partial charge in [-0.05, 0) is 26.2 Å². The first kappa shape index (κ1) is 15.3. The summed E-state index contributed by atoms with van der Waals surface area (Å²) in [6.07, 6.45) is 1.53. The van der Waals surface area contributed by atoms with Crippen LogP contribution >= 0.6 is 0 Å². The Kier molecular flexibility index (Phi) is 7.29. The molecule has 0 aromatic rings. The van der Waals surface area contributed by atoms with Gasteiger partial charge in [-0.3, -0.25) is 4.79 Å². The maximum absolute atomic E-state index is 10.9. The van der Waals surface area contributed by atoms with Crippen molar-refractivity contribution in [1.29, 1.82) is 0 Å². The average molecular weight is 233 g/mol. The molecule has 0 fully saturated rings. The summed E-state index contributed by atoms with van der Waals surface area (Å²) in [6, 6.07) is 0. The monoisotopic (exact) mass is 233 g/mol. The third kappa shape index (κ3) is 5.44. The van der Waals surface area contributed by atoms with E-state index in [0.29, 0.717) is 32.5 Å². The first-order valence-electron chi connectivity index (χ1n) is 5.59. The number of aliphatic carboxylic acids is 1.